The van der Waals surface area contributed by atoms with E-state index in [0.29, 0.717) is 0 Å². The van der Waals surface area contributed by atoms with Crippen LogP contribution in [0.5, 0.6) is 0 Å². The van der Waals surface area contributed by atoms with Gasteiger partial charge in [0.1, 0.15) is 12.1 Å². The molecular formula is C14H17BrN4. The van der Waals surface area contributed by atoms with Crippen LogP contribution >= 0.6 is 15.9 Å². The molecule has 4 nitrogen and oxygen atoms in total. The van der Waals surface area contributed by atoms with Crippen molar-refractivity contribution in [2.24, 2.45) is 0 Å². The number of halogens is 1. The van der Waals surface area contributed by atoms with Gasteiger partial charge in [-0.3, -0.25) is 0 Å². The Morgan fingerprint density at radius 2 is 2.11 bits per heavy atom. The second-order valence-electron chi connectivity index (χ2n) is 4.31. The Labute approximate surface area is 121 Å². The molecule has 1 heterocycles. The van der Waals surface area contributed by atoms with Crippen LogP contribution < -0.4 is 10.6 Å². The first kappa shape index (κ1) is 13.8. The fourth-order valence-corrected chi connectivity index (χ4v) is 2.42. The number of hydrogen-bond acceptors (Lipinski definition) is 4. The number of nitrogen functional groups attached to an aromatic ring is 1. The number of nitrogens with zero attached hydrogens (tertiary/aromatic N) is 3. The quantitative estimate of drug-likeness (QED) is 0.859. The first-order chi connectivity index (χ1) is 9.22. The van der Waals surface area contributed by atoms with E-state index < -0.39 is 0 Å². The highest BCUT2D eigenvalue weighted by molar-refractivity contribution is 9.10. The molecule has 0 aliphatic carbocycles. The summed E-state index contributed by atoms with van der Waals surface area (Å²) in [5, 5.41) is 0. The molecule has 100 valence electrons. The number of nitrogens with two attached hydrogens (primary N) is 1. The van der Waals surface area contributed by atoms with Crippen LogP contribution in [0.25, 0.3) is 0 Å². The molecule has 0 radical (unpaired) electrons. The van der Waals surface area contributed by atoms with Crippen molar-refractivity contribution in [1.82, 2.24) is 9.97 Å². The predicted molar refractivity (Wildman–Crippen MR) is 81.9 cm³/mol. The highest BCUT2D eigenvalue weighted by atomic mass is 79.9. The van der Waals surface area contributed by atoms with E-state index >= 15 is 0 Å². The van der Waals surface area contributed by atoms with E-state index in [9.17, 15) is 0 Å². The molecule has 0 atom stereocenters. The van der Waals surface area contributed by atoms with Crippen LogP contribution in [0.1, 0.15) is 18.9 Å². The minimum atomic E-state index is 0.746. The molecule has 0 unspecified atom stereocenters. The molecule has 0 fully saturated rings. The second kappa shape index (κ2) is 6.52. The summed E-state index contributed by atoms with van der Waals surface area (Å²) in [4.78, 5) is 10.6. The van der Waals surface area contributed by atoms with Gasteiger partial charge in [0.05, 0.1) is 4.47 Å². The molecule has 19 heavy (non-hydrogen) atoms. The molecule has 2 N–H and O–H groups in total. The summed E-state index contributed by atoms with van der Waals surface area (Å²) in [5.74, 6) is 0.903. The molecule has 1 aromatic heterocycles. The molecule has 0 aliphatic rings. The van der Waals surface area contributed by atoms with E-state index in [2.05, 4.69) is 37.7 Å². The van der Waals surface area contributed by atoms with Gasteiger partial charge >= 0.3 is 0 Å². The third kappa shape index (κ3) is 3.44. The Balaban J connectivity index is 2.27. The highest BCUT2D eigenvalue weighted by Crippen LogP contribution is 2.25. The van der Waals surface area contributed by atoms with Crippen LogP contribution in [0.2, 0.25) is 0 Å². The van der Waals surface area contributed by atoms with Crippen molar-refractivity contribution in [1.29, 1.82) is 0 Å². The third-order valence-electron chi connectivity index (χ3n) is 2.86. The van der Waals surface area contributed by atoms with Gasteiger partial charge in [0.2, 0.25) is 0 Å². The van der Waals surface area contributed by atoms with E-state index in [4.69, 9.17) is 5.73 Å². The van der Waals surface area contributed by atoms with Crippen LogP contribution in [0.15, 0.2) is 41.3 Å². The molecule has 0 saturated carbocycles. The van der Waals surface area contributed by atoms with Gasteiger partial charge in [-0.25, -0.2) is 9.97 Å². The normalized spacial score (nSPS) is 10.4. The van der Waals surface area contributed by atoms with Gasteiger partial charge in [-0.15, -0.1) is 0 Å². The van der Waals surface area contributed by atoms with E-state index in [1.54, 1.807) is 12.5 Å². The zero-order valence-corrected chi connectivity index (χ0v) is 12.5. The third-order valence-corrected chi connectivity index (χ3v) is 3.42. The Morgan fingerprint density at radius 1 is 1.32 bits per heavy atom. The molecule has 2 aromatic rings. The molecule has 0 amide bonds. The maximum atomic E-state index is 6.01. The Kier molecular flexibility index (Phi) is 4.74. The molecule has 0 bridgehead atoms. The zero-order chi connectivity index (χ0) is 13.7. The lowest BCUT2D eigenvalue weighted by Crippen LogP contribution is -2.25. The highest BCUT2D eigenvalue weighted by Gasteiger charge is 2.12. The molecular weight excluding hydrogens is 304 g/mol. The van der Waals surface area contributed by atoms with Gasteiger partial charge in [0.25, 0.3) is 0 Å². The van der Waals surface area contributed by atoms with Gasteiger partial charge in [-0.2, -0.15) is 0 Å². The first-order valence-corrected chi connectivity index (χ1v) is 7.05. The van der Waals surface area contributed by atoms with Gasteiger partial charge in [0.15, 0.2) is 0 Å². The Morgan fingerprint density at radius 3 is 2.79 bits per heavy atom. The summed E-state index contributed by atoms with van der Waals surface area (Å²) < 4.78 is 0.901. The van der Waals surface area contributed by atoms with Gasteiger partial charge in [-0.05, 0) is 34.0 Å². The van der Waals surface area contributed by atoms with Crippen LogP contribution in [-0.2, 0) is 6.54 Å². The smallest absolute Gasteiger partial charge is 0.146 e. The van der Waals surface area contributed by atoms with Crippen molar-refractivity contribution in [2.45, 2.75) is 19.9 Å². The summed E-state index contributed by atoms with van der Waals surface area (Å²) >= 11 is 3.50. The second-order valence-corrected chi connectivity index (χ2v) is 5.17. The van der Waals surface area contributed by atoms with Gasteiger partial charge in [0, 0.05) is 25.0 Å². The predicted octanol–water partition coefficient (Wildman–Crippen LogP) is 3.24. The van der Waals surface area contributed by atoms with Crippen LogP contribution in [0.3, 0.4) is 0 Å². The fraction of sp³-hybridized carbons (Fsp3) is 0.286. The van der Waals surface area contributed by atoms with Gasteiger partial charge in [-0.1, -0.05) is 25.1 Å². The standard InChI is InChI=1S/C14H17BrN4/c1-2-7-19(14-12(15)8-17-10-18-14)9-11-5-3-4-6-13(11)16/h3-6,8,10H,2,7,9,16H2,1H3. The van der Waals surface area contributed by atoms with Crippen LogP contribution in [-0.4, -0.2) is 16.5 Å². The van der Waals surface area contributed by atoms with E-state index in [1.165, 1.54) is 0 Å². The molecule has 0 saturated heterocycles. The fourth-order valence-electron chi connectivity index (χ4n) is 1.95. The van der Waals surface area contributed by atoms with E-state index in [1.807, 2.05) is 24.3 Å². The Bertz CT molecular complexity index is 544. The molecule has 2 rings (SSSR count). The van der Waals surface area contributed by atoms with Crippen molar-refractivity contribution in [3.8, 4) is 0 Å². The number of rotatable bonds is 5. The number of benzene rings is 1. The zero-order valence-electron chi connectivity index (χ0n) is 10.9. The SMILES string of the molecule is CCCN(Cc1ccccc1N)c1ncncc1Br. The number of aromatic nitrogens is 2. The lowest BCUT2D eigenvalue weighted by atomic mass is 10.1. The Hall–Kier alpha value is -1.62. The largest absolute Gasteiger partial charge is 0.398 e. The van der Waals surface area contributed by atoms with Crippen LogP contribution in [0, 0.1) is 0 Å². The molecule has 5 heteroatoms. The number of anilines is 2. The van der Waals surface area contributed by atoms with Crippen LogP contribution in [0.4, 0.5) is 11.5 Å². The lowest BCUT2D eigenvalue weighted by molar-refractivity contribution is 0.751. The number of para-hydroxylation sites is 1. The summed E-state index contributed by atoms with van der Waals surface area (Å²) in [6.45, 7) is 3.82. The topological polar surface area (TPSA) is 55.0 Å². The maximum Gasteiger partial charge on any atom is 0.146 e. The van der Waals surface area contributed by atoms with E-state index in [0.717, 1.165) is 41.1 Å². The summed E-state index contributed by atoms with van der Waals surface area (Å²) in [5.41, 5.74) is 7.94. The minimum Gasteiger partial charge on any atom is -0.398 e. The maximum absolute atomic E-state index is 6.01. The molecule has 0 spiro atoms. The number of hydrogen-bond donors (Lipinski definition) is 1. The monoisotopic (exact) mass is 320 g/mol. The minimum absolute atomic E-state index is 0.746. The summed E-state index contributed by atoms with van der Waals surface area (Å²) in [6, 6.07) is 7.93. The molecule has 1 aromatic carbocycles. The van der Waals surface area contributed by atoms with Crippen molar-refractivity contribution in [3.63, 3.8) is 0 Å². The average Bonchev–Trinajstić information content (AvgIpc) is 2.41. The van der Waals surface area contributed by atoms with Crippen molar-refractivity contribution < 1.29 is 0 Å². The average molecular weight is 321 g/mol. The van der Waals surface area contributed by atoms with E-state index in [-0.39, 0.29) is 0 Å². The summed E-state index contributed by atoms with van der Waals surface area (Å²) in [6.07, 6.45) is 4.37. The van der Waals surface area contributed by atoms with Crippen molar-refractivity contribution >= 4 is 27.4 Å². The van der Waals surface area contributed by atoms with Crippen molar-refractivity contribution in [3.05, 3.63) is 46.8 Å². The lowest BCUT2D eigenvalue weighted by Gasteiger charge is -2.24. The summed E-state index contributed by atoms with van der Waals surface area (Å²) in [7, 11) is 0. The first-order valence-electron chi connectivity index (χ1n) is 6.26. The molecule has 0 aliphatic heterocycles. The van der Waals surface area contributed by atoms with Crippen molar-refractivity contribution in [2.75, 3.05) is 17.2 Å². The van der Waals surface area contributed by atoms with Gasteiger partial charge < -0.3 is 10.6 Å².